The Kier molecular flexibility index (Phi) is 7.13. The van der Waals surface area contributed by atoms with Crippen molar-refractivity contribution in [1.29, 1.82) is 0 Å². The zero-order chi connectivity index (χ0) is 11.8. The third-order valence-corrected chi connectivity index (χ3v) is 2.15. The van der Waals surface area contributed by atoms with Crippen LogP contribution in [0.15, 0.2) is 0 Å². The molecule has 0 aliphatic carbocycles. The topological polar surface area (TPSA) is 52.6 Å². The van der Waals surface area contributed by atoms with Crippen molar-refractivity contribution in [2.45, 2.75) is 52.7 Å². The van der Waals surface area contributed by atoms with Crippen LogP contribution in [0.4, 0.5) is 4.79 Å². The number of hydrogen-bond acceptors (Lipinski definition) is 2. The van der Waals surface area contributed by atoms with E-state index in [0.29, 0.717) is 13.1 Å². The maximum Gasteiger partial charge on any atom is 0.317 e. The van der Waals surface area contributed by atoms with Crippen LogP contribution < -0.4 is 5.32 Å². The number of urea groups is 1. The Labute approximate surface area is 92.7 Å². The number of carbonyl (C=O) groups is 1. The van der Waals surface area contributed by atoms with E-state index in [0.717, 1.165) is 12.8 Å². The van der Waals surface area contributed by atoms with Gasteiger partial charge in [-0.25, -0.2) is 4.79 Å². The van der Waals surface area contributed by atoms with E-state index in [1.165, 1.54) is 0 Å². The lowest BCUT2D eigenvalue weighted by molar-refractivity contribution is 0.119. The molecular weight excluding hydrogens is 192 g/mol. The van der Waals surface area contributed by atoms with Crippen molar-refractivity contribution in [3.63, 3.8) is 0 Å². The van der Waals surface area contributed by atoms with Crippen molar-refractivity contribution in [3.05, 3.63) is 0 Å². The predicted octanol–water partition coefficient (Wildman–Crippen LogP) is 1.59. The highest BCUT2D eigenvalue weighted by Gasteiger charge is 2.17. The Morgan fingerprint density at radius 2 is 2.00 bits per heavy atom. The normalized spacial score (nSPS) is 12.7. The second-order valence-corrected chi connectivity index (χ2v) is 4.18. The van der Waals surface area contributed by atoms with Crippen molar-refractivity contribution in [1.82, 2.24) is 10.2 Å². The number of hydrogen-bond donors (Lipinski definition) is 2. The summed E-state index contributed by atoms with van der Waals surface area (Å²) in [5.41, 5.74) is 0. The van der Waals surface area contributed by atoms with E-state index in [1.807, 2.05) is 13.8 Å². The van der Waals surface area contributed by atoms with Crippen molar-refractivity contribution < 1.29 is 9.90 Å². The lowest BCUT2D eigenvalue weighted by Crippen LogP contribution is -2.47. The molecule has 0 aromatic heterocycles. The zero-order valence-corrected chi connectivity index (χ0v) is 10.3. The molecule has 0 aliphatic rings. The van der Waals surface area contributed by atoms with Gasteiger partial charge in [0.1, 0.15) is 0 Å². The molecule has 0 rings (SSSR count). The van der Waals surface area contributed by atoms with Crippen LogP contribution in [0.3, 0.4) is 0 Å². The summed E-state index contributed by atoms with van der Waals surface area (Å²) >= 11 is 0. The van der Waals surface area contributed by atoms with Gasteiger partial charge in [-0.3, -0.25) is 0 Å². The lowest BCUT2D eigenvalue weighted by atomic mass is 10.3. The molecular formula is C11H24N2O2. The van der Waals surface area contributed by atoms with Crippen LogP contribution in [0.25, 0.3) is 0 Å². The summed E-state index contributed by atoms with van der Waals surface area (Å²) in [5.74, 6) is 0. The molecule has 0 saturated heterocycles. The first-order valence-corrected chi connectivity index (χ1v) is 5.71. The fourth-order valence-electron chi connectivity index (χ4n) is 1.29. The van der Waals surface area contributed by atoms with Gasteiger partial charge < -0.3 is 15.3 Å². The second-order valence-electron chi connectivity index (χ2n) is 4.18. The summed E-state index contributed by atoms with van der Waals surface area (Å²) in [7, 11) is 0. The molecule has 4 heteroatoms. The molecule has 90 valence electrons. The molecule has 0 radical (unpaired) electrons. The molecule has 2 amide bonds. The van der Waals surface area contributed by atoms with E-state index >= 15 is 0 Å². The van der Waals surface area contributed by atoms with Crippen LogP contribution in [0.1, 0.15) is 40.5 Å². The number of aliphatic hydroxyl groups excluding tert-OH is 1. The lowest BCUT2D eigenvalue weighted by Gasteiger charge is -2.28. The van der Waals surface area contributed by atoms with Crippen LogP contribution >= 0.6 is 0 Å². The molecule has 0 saturated carbocycles. The molecule has 0 aromatic rings. The summed E-state index contributed by atoms with van der Waals surface area (Å²) < 4.78 is 0. The van der Waals surface area contributed by atoms with Crippen LogP contribution in [-0.4, -0.2) is 41.3 Å². The van der Waals surface area contributed by atoms with Crippen LogP contribution in [0, 0.1) is 0 Å². The minimum Gasteiger partial charge on any atom is -0.392 e. The van der Waals surface area contributed by atoms with Crippen molar-refractivity contribution in [2.24, 2.45) is 0 Å². The second kappa shape index (κ2) is 7.51. The first-order valence-electron chi connectivity index (χ1n) is 5.71. The highest BCUT2D eigenvalue weighted by Crippen LogP contribution is 2.01. The van der Waals surface area contributed by atoms with Crippen LogP contribution in [-0.2, 0) is 0 Å². The van der Waals surface area contributed by atoms with Gasteiger partial charge in [0, 0.05) is 19.1 Å². The predicted molar refractivity (Wildman–Crippen MR) is 61.8 cm³/mol. The Hall–Kier alpha value is -0.770. The summed E-state index contributed by atoms with van der Waals surface area (Å²) in [5, 5.41) is 12.1. The highest BCUT2D eigenvalue weighted by molar-refractivity contribution is 5.74. The first kappa shape index (κ1) is 14.2. The molecule has 0 spiro atoms. The summed E-state index contributed by atoms with van der Waals surface area (Å²) in [4.78, 5) is 13.4. The number of carbonyl (C=O) groups excluding carboxylic acids is 1. The first-order chi connectivity index (χ1) is 6.99. The summed E-state index contributed by atoms with van der Waals surface area (Å²) in [6, 6.07) is 0.0283. The minimum absolute atomic E-state index is 0.0839. The Morgan fingerprint density at radius 3 is 2.40 bits per heavy atom. The third-order valence-electron chi connectivity index (χ3n) is 2.15. The molecule has 0 heterocycles. The van der Waals surface area contributed by atoms with E-state index < -0.39 is 6.10 Å². The van der Waals surface area contributed by atoms with Gasteiger partial charge in [0.05, 0.1) is 6.10 Å². The third kappa shape index (κ3) is 6.33. The highest BCUT2D eigenvalue weighted by atomic mass is 16.3. The molecule has 0 fully saturated rings. The number of rotatable bonds is 6. The molecule has 15 heavy (non-hydrogen) atoms. The number of nitrogens with zero attached hydrogens (tertiary/aromatic N) is 1. The summed E-state index contributed by atoms with van der Waals surface area (Å²) in [6.45, 7) is 8.76. The minimum atomic E-state index is -0.482. The van der Waals surface area contributed by atoms with E-state index in [1.54, 1.807) is 11.8 Å². The standard InChI is InChI=1S/C11H24N2O2/c1-5-6-7-12-11(15)13(9(2)3)8-10(4)14/h9-10,14H,5-8H2,1-4H3,(H,12,15). The van der Waals surface area contributed by atoms with Gasteiger partial charge in [0.15, 0.2) is 0 Å². The van der Waals surface area contributed by atoms with Gasteiger partial charge in [-0.1, -0.05) is 13.3 Å². The molecule has 0 aliphatic heterocycles. The van der Waals surface area contributed by atoms with Gasteiger partial charge in [-0.15, -0.1) is 0 Å². The Bertz CT molecular complexity index is 181. The number of amides is 2. The van der Waals surface area contributed by atoms with Crippen molar-refractivity contribution in [3.8, 4) is 0 Å². The van der Waals surface area contributed by atoms with Crippen LogP contribution in [0.5, 0.6) is 0 Å². The average molecular weight is 216 g/mol. The zero-order valence-electron chi connectivity index (χ0n) is 10.3. The van der Waals surface area contributed by atoms with E-state index in [9.17, 15) is 9.90 Å². The number of nitrogens with one attached hydrogen (secondary N) is 1. The largest absolute Gasteiger partial charge is 0.392 e. The molecule has 0 aromatic carbocycles. The van der Waals surface area contributed by atoms with Gasteiger partial charge in [0.2, 0.25) is 0 Å². The maximum absolute atomic E-state index is 11.7. The molecule has 1 atom stereocenters. The van der Waals surface area contributed by atoms with Gasteiger partial charge in [-0.05, 0) is 27.2 Å². The van der Waals surface area contributed by atoms with Crippen LogP contribution in [0.2, 0.25) is 0 Å². The molecule has 2 N–H and O–H groups in total. The maximum atomic E-state index is 11.7. The summed E-state index contributed by atoms with van der Waals surface area (Å²) in [6.07, 6.45) is 1.58. The van der Waals surface area contributed by atoms with Gasteiger partial charge in [0.25, 0.3) is 0 Å². The molecule has 1 unspecified atom stereocenters. The van der Waals surface area contributed by atoms with E-state index in [4.69, 9.17) is 0 Å². The Morgan fingerprint density at radius 1 is 1.40 bits per heavy atom. The fourth-order valence-corrected chi connectivity index (χ4v) is 1.29. The molecule has 0 bridgehead atoms. The van der Waals surface area contributed by atoms with Crippen molar-refractivity contribution >= 4 is 6.03 Å². The average Bonchev–Trinajstić information content (AvgIpc) is 2.13. The monoisotopic (exact) mass is 216 g/mol. The molecule has 4 nitrogen and oxygen atoms in total. The SMILES string of the molecule is CCCCNC(=O)N(CC(C)O)C(C)C. The Balaban J connectivity index is 4.05. The van der Waals surface area contributed by atoms with E-state index in [2.05, 4.69) is 12.2 Å². The van der Waals surface area contributed by atoms with Crippen molar-refractivity contribution in [2.75, 3.05) is 13.1 Å². The number of unbranched alkanes of at least 4 members (excludes halogenated alkanes) is 1. The van der Waals surface area contributed by atoms with Gasteiger partial charge >= 0.3 is 6.03 Å². The number of aliphatic hydroxyl groups is 1. The van der Waals surface area contributed by atoms with Gasteiger partial charge in [-0.2, -0.15) is 0 Å². The van der Waals surface area contributed by atoms with E-state index in [-0.39, 0.29) is 12.1 Å². The quantitative estimate of drug-likeness (QED) is 0.662. The fraction of sp³-hybridized carbons (Fsp3) is 0.909. The smallest absolute Gasteiger partial charge is 0.317 e.